The molecule has 0 unspecified atom stereocenters. The van der Waals surface area contributed by atoms with Crippen LogP contribution < -0.4 is 10.1 Å². The molecule has 1 saturated heterocycles. The Balaban J connectivity index is 1.63. The lowest BCUT2D eigenvalue weighted by molar-refractivity contribution is 0.0921. The van der Waals surface area contributed by atoms with Gasteiger partial charge in [-0.3, -0.25) is 4.79 Å². The van der Waals surface area contributed by atoms with E-state index < -0.39 is 10.0 Å². The highest BCUT2D eigenvalue weighted by molar-refractivity contribution is 7.89. The maximum absolute atomic E-state index is 12.7. The Morgan fingerprint density at radius 2 is 1.68 bits per heavy atom. The second-order valence-electron chi connectivity index (χ2n) is 6.45. The summed E-state index contributed by atoms with van der Waals surface area (Å²) in [5, 5.41) is 3.86. The van der Waals surface area contributed by atoms with Gasteiger partial charge in [-0.05, 0) is 55.3 Å². The first kappa shape index (κ1) is 20.9. The lowest BCUT2D eigenvalue weighted by Gasteiger charge is -2.31. The van der Waals surface area contributed by atoms with Crippen molar-refractivity contribution in [2.45, 2.75) is 23.8 Å². The van der Waals surface area contributed by atoms with Gasteiger partial charge in [0.05, 0.1) is 17.6 Å². The Morgan fingerprint density at radius 1 is 1.07 bits per heavy atom. The maximum atomic E-state index is 12.7. The Labute approximate surface area is 174 Å². The minimum Gasteiger partial charge on any atom is -0.496 e. The molecule has 9 heteroatoms. The van der Waals surface area contributed by atoms with Crippen LogP contribution in [0.15, 0.2) is 47.4 Å². The summed E-state index contributed by atoms with van der Waals surface area (Å²) in [4.78, 5) is 12.8. The molecule has 1 aliphatic heterocycles. The van der Waals surface area contributed by atoms with Gasteiger partial charge in [-0.25, -0.2) is 8.42 Å². The lowest BCUT2D eigenvalue weighted by Crippen LogP contribution is -2.46. The number of benzene rings is 2. The topological polar surface area (TPSA) is 75.7 Å². The van der Waals surface area contributed by atoms with Crippen molar-refractivity contribution in [1.29, 1.82) is 0 Å². The van der Waals surface area contributed by atoms with Gasteiger partial charge in [0.25, 0.3) is 5.91 Å². The molecule has 1 fully saturated rings. The number of carbonyl (C=O) groups is 1. The van der Waals surface area contributed by atoms with Crippen molar-refractivity contribution in [3.8, 4) is 5.75 Å². The highest BCUT2D eigenvalue weighted by Gasteiger charge is 2.30. The van der Waals surface area contributed by atoms with E-state index in [9.17, 15) is 13.2 Å². The summed E-state index contributed by atoms with van der Waals surface area (Å²) in [5.41, 5.74) is 0.353. The van der Waals surface area contributed by atoms with E-state index in [4.69, 9.17) is 27.9 Å². The molecule has 1 aliphatic rings. The standard InChI is InChI=1S/C19H20Cl2N2O4S/c1-27-18-7-4-14(21)12-17(18)19(24)22-15-8-10-23(11-9-15)28(25,26)16-5-2-13(20)3-6-16/h2-7,12,15H,8-11H2,1H3,(H,22,24). The number of piperidine rings is 1. The number of sulfonamides is 1. The monoisotopic (exact) mass is 442 g/mol. The van der Waals surface area contributed by atoms with Crippen LogP contribution in [0.3, 0.4) is 0 Å². The minimum absolute atomic E-state index is 0.132. The Bertz CT molecular complexity index is 956. The van der Waals surface area contributed by atoms with E-state index in [0.717, 1.165) is 0 Å². The van der Waals surface area contributed by atoms with Crippen molar-refractivity contribution < 1.29 is 17.9 Å². The zero-order chi connectivity index (χ0) is 20.3. The molecule has 28 heavy (non-hydrogen) atoms. The summed E-state index contributed by atoms with van der Waals surface area (Å²) < 4.78 is 32.1. The number of halogens is 2. The molecule has 0 saturated carbocycles. The first-order chi connectivity index (χ1) is 13.3. The average molecular weight is 443 g/mol. The molecule has 150 valence electrons. The smallest absolute Gasteiger partial charge is 0.255 e. The fraction of sp³-hybridized carbons (Fsp3) is 0.316. The summed E-state index contributed by atoms with van der Waals surface area (Å²) in [6.45, 7) is 0.644. The third-order valence-electron chi connectivity index (χ3n) is 4.65. The van der Waals surface area contributed by atoms with Gasteiger partial charge < -0.3 is 10.1 Å². The zero-order valence-electron chi connectivity index (χ0n) is 15.2. The normalized spacial score (nSPS) is 16.0. The Hall–Kier alpha value is -1.80. The molecule has 1 N–H and O–H groups in total. The van der Waals surface area contributed by atoms with Crippen LogP contribution in [0.5, 0.6) is 5.75 Å². The van der Waals surface area contributed by atoms with Gasteiger partial charge >= 0.3 is 0 Å². The number of methoxy groups -OCH3 is 1. The van der Waals surface area contributed by atoms with E-state index in [2.05, 4.69) is 5.32 Å². The maximum Gasteiger partial charge on any atom is 0.255 e. The van der Waals surface area contributed by atoms with E-state index in [-0.39, 0.29) is 16.8 Å². The molecule has 2 aromatic rings. The third-order valence-corrected chi connectivity index (χ3v) is 7.05. The van der Waals surface area contributed by atoms with E-state index >= 15 is 0 Å². The molecule has 2 aromatic carbocycles. The van der Waals surface area contributed by atoms with Crippen LogP contribution in [-0.2, 0) is 10.0 Å². The zero-order valence-corrected chi connectivity index (χ0v) is 17.5. The van der Waals surface area contributed by atoms with Crippen LogP contribution in [0.4, 0.5) is 0 Å². The van der Waals surface area contributed by atoms with Crippen molar-refractivity contribution in [2.75, 3.05) is 20.2 Å². The molecule has 3 rings (SSSR count). The van der Waals surface area contributed by atoms with Crippen molar-refractivity contribution in [3.05, 3.63) is 58.1 Å². The Kier molecular flexibility index (Phi) is 6.50. The highest BCUT2D eigenvalue weighted by Crippen LogP contribution is 2.25. The molecule has 0 bridgehead atoms. The summed E-state index contributed by atoms with van der Waals surface area (Å²) in [6, 6.07) is 10.8. The van der Waals surface area contributed by atoms with E-state index in [1.165, 1.54) is 23.5 Å². The first-order valence-corrected chi connectivity index (χ1v) is 10.9. The number of nitrogens with zero attached hydrogens (tertiary/aromatic N) is 1. The summed E-state index contributed by atoms with van der Waals surface area (Å²) >= 11 is 11.8. The van der Waals surface area contributed by atoms with Gasteiger partial charge in [0, 0.05) is 29.2 Å². The summed E-state index contributed by atoms with van der Waals surface area (Å²) in [5.74, 6) is 0.142. The molecule has 0 radical (unpaired) electrons. The van der Waals surface area contributed by atoms with E-state index in [1.54, 1.807) is 30.3 Å². The number of ether oxygens (including phenoxy) is 1. The van der Waals surface area contributed by atoms with Crippen LogP contribution in [0.2, 0.25) is 10.0 Å². The Morgan fingerprint density at radius 3 is 2.29 bits per heavy atom. The van der Waals surface area contributed by atoms with Gasteiger partial charge in [-0.15, -0.1) is 0 Å². The molecule has 0 aromatic heterocycles. The molecule has 0 spiro atoms. The van der Waals surface area contributed by atoms with E-state index in [0.29, 0.717) is 47.3 Å². The van der Waals surface area contributed by atoms with Crippen LogP contribution >= 0.6 is 23.2 Å². The fourth-order valence-electron chi connectivity index (χ4n) is 3.12. The number of hydrogen-bond acceptors (Lipinski definition) is 4. The quantitative estimate of drug-likeness (QED) is 0.767. The molecule has 1 heterocycles. The molecule has 1 amide bonds. The van der Waals surface area contributed by atoms with Crippen molar-refractivity contribution >= 4 is 39.1 Å². The van der Waals surface area contributed by atoms with Gasteiger partial charge in [0.15, 0.2) is 0 Å². The molecule has 0 atom stereocenters. The van der Waals surface area contributed by atoms with Gasteiger partial charge in [0.2, 0.25) is 10.0 Å². The molecular weight excluding hydrogens is 423 g/mol. The van der Waals surface area contributed by atoms with Crippen molar-refractivity contribution in [1.82, 2.24) is 9.62 Å². The van der Waals surface area contributed by atoms with Crippen LogP contribution in [0.1, 0.15) is 23.2 Å². The van der Waals surface area contributed by atoms with Gasteiger partial charge in [0.1, 0.15) is 5.75 Å². The summed E-state index contributed by atoms with van der Waals surface area (Å²) in [6.07, 6.45) is 1.03. The van der Waals surface area contributed by atoms with E-state index in [1.807, 2.05) is 0 Å². The largest absolute Gasteiger partial charge is 0.496 e. The number of nitrogens with one attached hydrogen (secondary N) is 1. The SMILES string of the molecule is COc1ccc(Cl)cc1C(=O)NC1CCN(S(=O)(=O)c2ccc(Cl)cc2)CC1. The second kappa shape index (κ2) is 8.69. The van der Waals surface area contributed by atoms with Gasteiger partial charge in [-0.1, -0.05) is 23.2 Å². The fourth-order valence-corrected chi connectivity index (χ4v) is 4.88. The number of rotatable bonds is 5. The lowest BCUT2D eigenvalue weighted by atomic mass is 10.1. The summed E-state index contributed by atoms with van der Waals surface area (Å²) in [7, 11) is -2.09. The third kappa shape index (κ3) is 4.60. The van der Waals surface area contributed by atoms with Crippen LogP contribution in [0, 0.1) is 0 Å². The van der Waals surface area contributed by atoms with Crippen LogP contribution in [-0.4, -0.2) is 44.9 Å². The average Bonchev–Trinajstić information content (AvgIpc) is 2.68. The minimum atomic E-state index is -3.57. The molecule has 6 nitrogen and oxygen atoms in total. The van der Waals surface area contributed by atoms with Crippen molar-refractivity contribution in [2.24, 2.45) is 0 Å². The molecular formula is C19H20Cl2N2O4S. The number of amides is 1. The predicted molar refractivity (Wildman–Crippen MR) is 109 cm³/mol. The predicted octanol–water partition coefficient (Wildman–Crippen LogP) is 3.59. The van der Waals surface area contributed by atoms with Gasteiger partial charge in [-0.2, -0.15) is 4.31 Å². The van der Waals surface area contributed by atoms with Crippen molar-refractivity contribution in [3.63, 3.8) is 0 Å². The second-order valence-corrected chi connectivity index (χ2v) is 9.26. The molecule has 0 aliphatic carbocycles. The van der Waals surface area contributed by atoms with Crippen LogP contribution in [0.25, 0.3) is 0 Å². The highest BCUT2D eigenvalue weighted by atomic mass is 35.5. The first-order valence-electron chi connectivity index (χ1n) is 8.71. The number of carbonyl (C=O) groups excluding carboxylic acids is 1. The number of hydrogen-bond donors (Lipinski definition) is 1.